The minimum atomic E-state index is 0.275. The lowest BCUT2D eigenvalue weighted by molar-refractivity contribution is 0.557. The molecule has 0 aliphatic rings. The Bertz CT molecular complexity index is 492. The predicted octanol–water partition coefficient (Wildman–Crippen LogP) is 3.51. The van der Waals surface area contributed by atoms with E-state index in [9.17, 15) is 0 Å². The highest BCUT2D eigenvalue weighted by Gasteiger charge is 2.16. The fraction of sp³-hybridized carbons (Fsp3) is 0.462. The second-order valence-corrected chi connectivity index (χ2v) is 5.51. The maximum atomic E-state index is 6.22. The van der Waals surface area contributed by atoms with Crippen molar-refractivity contribution in [2.24, 2.45) is 0 Å². The molecule has 5 heteroatoms. The van der Waals surface area contributed by atoms with Crippen LogP contribution in [0.25, 0.3) is 0 Å². The lowest BCUT2D eigenvalue weighted by Crippen LogP contribution is -2.22. The molecule has 0 saturated heterocycles. The fourth-order valence-electron chi connectivity index (χ4n) is 1.98. The Balaban J connectivity index is 2.13. The molecule has 0 aliphatic carbocycles. The molecule has 0 saturated carbocycles. The first-order valence-corrected chi connectivity index (χ1v) is 7.48. The van der Waals surface area contributed by atoms with E-state index in [0.29, 0.717) is 0 Å². The quantitative estimate of drug-likeness (QED) is 0.879. The van der Waals surface area contributed by atoms with Crippen molar-refractivity contribution in [1.82, 2.24) is 15.1 Å². The van der Waals surface area contributed by atoms with Gasteiger partial charge >= 0.3 is 0 Å². The van der Waals surface area contributed by atoms with Crippen molar-refractivity contribution in [3.8, 4) is 0 Å². The molecular formula is C13H18ClN3S. The number of thiophene rings is 1. The summed E-state index contributed by atoms with van der Waals surface area (Å²) in [6.07, 6.45) is 4.97. The average Bonchev–Trinajstić information content (AvgIpc) is 2.97. The summed E-state index contributed by atoms with van der Waals surface area (Å²) >= 11 is 7.93. The zero-order valence-corrected chi connectivity index (χ0v) is 12.3. The smallest absolute Gasteiger partial charge is 0.0561 e. The highest BCUT2D eigenvalue weighted by molar-refractivity contribution is 7.10. The lowest BCUT2D eigenvalue weighted by atomic mass is 10.1. The van der Waals surface area contributed by atoms with Gasteiger partial charge in [-0.3, -0.25) is 4.68 Å². The van der Waals surface area contributed by atoms with Crippen molar-refractivity contribution in [1.29, 1.82) is 0 Å². The molecule has 0 radical (unpaired) electrons. The van der Waals surface area contributed by atoms with E-state index < -0.39 is 0 Å². The molecule has 2 aromatic rings. The number of hydrogen-bond donors (Lipinski definition) is 1. The van der Waals surface area contributed by atoms with Crippen LogP contribution >= 0.6 is 22.9 Å². The number of hydrogen-bond acceptors (Lipinski definition) is 3. The fourth-order valence-corrected chi connectivity index (χ4v) is 3.24. The van der Waals surface area contributed by atoms with Crippen LogP contribution in [0.1, 0.15) is 30.3 Å². The molecule has 98 valence electrons. The molecule has 18 heavy (non-hydrogen) atoms. The van der Waals surface area contributed by atoms with E-state index in [1.165, 1.54) is 10.4 Å². The highest BCUT2D eigenvalue weighted by atomic mass is 35.5. The van der Waals surface area contributed by atoms with Crippen molar-refractivity contribution in [3.05, 3.63) is 39.3 Å². The third-order valence-corrected chi connectivity index (χ3v) is 4.33. The molecule has 0 aliphatic heterocycles. The van der Waals surface area contributed by atoms with Gasteiger partial charge in [-0.1, -0.05) is 18.5 Å². The molecule has 0 bridgehead atoms. The minimum absolute atomic E-state index is 0.275. The first-order valence-electron chi connectivity index (χ1n) is 6.22. The van der Waals surface area contributed by atoms with Gasteiger partial charge in [0.15, 0.2) is 0 Å². The van der Waals surface area contributed by atoms with Gasteiger partial charge in [-0.05, 0) is 36.9 Å². The first kappa shape index (κ1) is 13.6. The number of aromatic nitrogens is 2. The molecule has 2 aromatic heterocycles. The summed E-state index contributed by atoms with van der Waals surface area (Å²) < 4.78 is 1.95. The van der Waals surface area contributed by atoms with Crippen LogP contribution in [-0.4, -0.2) is 16.3 Å². The highest BCUT2D eigenvalue weighted by Crippen LogP contribution is 2.30. The number of rotatable bonds is 6. The largest absolute Gasteiger partial charge is 0.309 e. The molecule has 0 spiro atoms. The topological polar surface area (TPSA) is 29.9 Å². The Morgan fingerprint density at radius 2 is 2.33 bits per heavy atom. The zero-order valence-electron chi connectivity index (χ0n) is 10.7. The Morgan fingerprint density at radius 3 is 2.89 bits per heavy atom. The van der Waals surface area contributed by atoms with Crippen LogP contribution in [0.2, 0.25) is 5.02 Å². The Morgan fingerprint density at radius 1 is 1.50 bits per heavy atom. The van der Waals surface area contributed by atoms with Crippen molar-refractivity contribution < 1.29 is 0 Å². The Labute approximate surface area is 117 Å². The number of halogens is 1. The van der Waals surface area contributed by atoms with Gasteiger partial charge in [0.05, 0.1) is 11.2 Å². The SMILES string of the molecule is CCNC(Cc1cnn(CC)c1)c1sccc1Cl. The standard InChI is InChI=1S/C13H18ClN3S/c1-3-15-12(13-11(14)5-6-18-13)7-10-8-16-17(4-2)9-10/h5-6,8-9,12,15H,3-4,7H2,1-2H3. The van der Waals surface area contributed by atoms with Gasteiger partial charge in [0.25, 0.3) is 0 Å². The maximum absolute atomic E-state index is 6.22. The third kappa shape index (κ3) is 3.13. The second kappa shape index (κ2) is 6.36. The molecule has 0 fully saturated rings. The van der Waals surface area contributed by atoms with Crippen LogP contribution in [0.5, 0.6) is 0 Å². The van der Waals surface area contributed by atoms with Gasteiger partial charge in [-0.25, -0.2) is 0 Å². The van der Waals surface area contributed by atoms with Crippen molar-refractivity contribution >= 4 is 22.9 Å². The lowest BCUT2D eigenvalue weighted by Gasteiger charge is -2.16. The van der Waals surface area contributed by atoms with E-state index in [-0.39, 0.29) is 6.04 Å². The predicted molar refractivity (Wildman–Crippen MR) is 77.4 cm³/mol. The van der Waals surface area contributed by atoms with Crippen LogP contribution in [-0.2, 0) is 13.0 Å². The number of nitrogens with one attached hydrogen (secondary N) is 1. The van der Waals surface area contributed by atoms with Gasteiger partial charge in [0.2, 0.25) is 0 Å². The summed E-state index contributed by atoms with van der Waals surface area (Å²) in [5.41, 5.74) is 1.24. The Hall–Kier alpha value is -0.840. The molecule has 3 nitrogen and oxygen atoms in total. The summed E-state index contributed by atoms with van der Waals surface area (Å²) in [4.78, 5) is 1.21. The van der Waals surface area contributed by atoms with E-state index >= 15 is 0 Å². The molecule has 1 N–H and O–H groups in total. The average molecular weight is 284 g/mol. The summed E-state index contributed by atoms with van der Waals surface area (Å²) in [5, 5.41) is 10.7. The summed E-state index contributed by atoms with van der Waals surface area (Å²) in [6, 6.07) is 2.23. The van der Waals surface area contributed by atoms with Gasteiger partial charge in [0.1, 0.15) is 0 Å². The van der Waals surface area contributed by atoms with Crippen LogP contribution in [0.4, 0.5) is 0 Å². The Kier molecular flexibility index (Phi) is 4.80. The van der Waals surface area contributed by atoms with E-state index in [1.54, 1.807) is 11.3 Å². The summed E-state index contributed by atoms with van der Waals surface area (Å²) in [6.45, 7) is 6.05. The summed E-state index contributed by atoms with van der Waals surface area (Å²) in [5.74, 6) is 0. The number of likely N-dealkylation sites (N-methyl/N-ethyl adjacent to an activating group) is 1. The van der Waals surface area contributed by atoms with Crippen molar-refractivity contribution in [3.63, 3.8) is 0 Å². The summed E-state index contributed by atoms with van der Waals surface area (Å²) in [7, 11) is 0. The van der Waals surface area contributed by atoms with Crippen molar-refractivity contribution in [2.45, 2.75) is 32.9 Å². The second-order valence-electron chi connectivity index (χ2n) is 4.15. The normalized spacial score (nSPS) is 12.8. The molecule has 2 heterocycles. The number of aryl methyl sites for hydroxylation is 1. The molecule has 1 atom stereocenters. The molecule has 0 amide bonds. The van der Waals surface area contributed by atoms with E-state index in [4.69, 9.17) is 11.6 Å². The monoisotopic (exact) mass is 283 g/mol. The molecular weight excluding hydrogens is 266 g/mol. The third-order valence-electron chi connectivity index (χ3n) is 2.86. The van der Waals surface area contributed by atoms with Crippen LogP contribution in [0.15, 0.2) is 23.8 Å². The zero-order chi connectivity index (χ0) is 13.0. The van der Waals surface area contributed by atoms with Gasteiger partial charge in [0, 0.05) is 23.7 Å². The van der Waals surface area contributed by atoms with Crippen molar-refractivity contribution in [2.75, 3.05) is 6.54 Å². The first-order chi connectivity index (χ1) is 8.74. The van der Waals surface area contributed by atoms with Gasteiger partial charge in [-0.2, -0.15) is 5.10 Å². The van der Waals surface area contributed by atoms with E-state index in [1.807, 2.05) is 22.3 Å². The number of nitrogens with zero attached hydrogens (tertiary/aromatic N) is 2. The van der Waals surface area contributed by atoms with Crippen LogP contribution in [0, 0.1) is 0 Å². The van der Waals surface area contributed by atoms with Gasteiger partial charge < -0.3 is 5.32 Å². The molecule has 1 unspecified atom stereocenters. The molecule has 0 aromatic carbocycles. The van der Waals surface area contributed by atoms with Gasteiger partial charge in [-0.15, -0.1) is 11.3 Å². The molecule has 2 rings (SSSR count). The van der Waals surface area contributed by atoms with E-state index in [2.05, 4.69) is 30.5 Å². The minimum Gasteiger partial charge on any atom is -0.309 e. The van der Waals surface area contributed by atoms with E-state index in [0.717, 1.165) is 24.5 Å². The van der Waals surface area contributed by atoms with Crippen LogP contribution < -0.4 is 5.32 Å². The van der Waals surface area contributed by atoms with Crippen LogP contribution in [0.3, 0.4) is 0 Å². The maximum Gasteiger partial charge on any atom is 0.0561 e.